The maximum absolute atomic E-state index is 13.5. The Hall–Kier alpha value is -3.66. The van der Waals surface area contributed by atoms with Crippen molar-refractivity contribution in [2.45, 2.75) is 6.42 Å². The van der Waals surface area contributed by atoms with E-state index in [0.29, 0.717) is 11.3 Å². The molecule has 7 heteroatoms. The van der Waals surface area contributed by atoms with Crippen LogP contribution in [0.25, 0.3) is 0 Å². The van der Waals surface area contributed by atoms with Crippen molar-refractivity contribution in [1.82, 2.24) is 10.7 Å². The average molecular weight is 367 g/mol. The lowest BCUT2D eigenvalue weighted by atomic mass is 10.2. The number of para-hydroxylation sites is 1. The number of ether oxygens (including phenoxy) is 1. The standard InChI is InChI=1S/C20H18FN3O3/c1-2-13-27-18-10-6-3-7-15(18)14-23-24-19(25)11-12-22-20(26)16-8-4-5-9-17(16)21/h1,3-10,14H,11-13H2,(H,22,26)(H,24,25). The minimum Gasteiger partial charge on any atom is -0.480 e. The Morgan fingerprint density at radius 1 is 1.19 bits per heavy atom. The van der Waals surface area contributed by atoms with E-state index in [1.165, 1.54) is 24.4 Å². The van der Waals surface area contributed by atoms with Gasteiger partial charge in [-0.05, 0) is 24.3 Å². The topological polar surface area (TPSA) is 79.8 Å². The zero-order chi connectivity index (χ0) is 19.5. The molecule has 2 aromatic rings. The Morgan fingerprint density at radius 2 is 1.93 bits per heavy atom. The second-order valence-electron chi connectivity index (χ2n) is 5.31. The van der Waals surface area contributed by atoms with E-state index in [1.807, 2.05) is 0 Å². The summed E-state index contributed by atoms with van der Waals surface area (Å²) in [5.74, 6) is 1.32. The highest BCUT2D eigenvalue weighted by Crippen LogP contribution is 2.15. The van der Waals surface area contributed by atoms with Crippen LogP contribution in [0.4, 0.5) is 4.39 Å². The second-order valence-corrected chi connectivity index (χ2v) is 5.31. The largest absolute Gasteiger partial charge is 0.480 e. The van der Waals surface area contributed by atoms with Gasteiger partial charge in [-0.15, -0.1) is 6.42 Å². The van der Waals surface area contributed by atoms with Crippen LogP contribution in [0.3, 0.4) is 0 Å². The van der Waals surface area contributed by atoms with Crippen LogP contribution >= 0.6 is 0 Å². The number of nitrogens with zero attached hydrogens (tertiary/aromatic N) is 1. The number of terminal acetylenes is 1. The van der Waals surface area contributed by atoms with E-state index in [9.17, 15) is 14.0 Å². The highest BCUT2D eigenvalue weighted by atomic mass is 19.1. The van der Waals surface area contributed by atoms with Gasteiger partial charge in [-0.2, -0.15) is 5.10 Å². The van der Waals surface area contributed by atoms with E-state index in [2.05, 4.69) is 21.8 Å². The van der Waals surface area contributed by atoms with E-state index in [0.717, 1.165) is 0 Å². The molecule has 138 valence electrons. The van der Waals surface area contributed by atoms with Crippen LogP contribution in [-0.2, 0) is 4.79 Å². The number of benzene rings is 2. The SMILES string of the molecule is C#CCOc1ccccc1C=NNC(=O)CCNC(=O)c1ccccc1F. The molecule has 0 saturated heterocycles. The number of hydrogen-bond acceptors (Lipinski definition) is 4. The van der Waals surface area contributed by atoms with Crippen molar-refractivity contribution in [2.24, 2.45) is 5.10 Å². The predicted molar refractivity (Wildman–Crippen MR) is 99.9 cm³/mol. The van der Waals surface area contributed by atoms with Gasteiger partial charge >= 0.3 is 0 Å². The van der Waals surface area contributed by atoms with Gasteiger partial charge in [0.2, 0.25) is 5.91 Å². The van der Waals surface area contributed by atoms with Gasteiger partial charge in [0.15, 0.2) is 0 Å². The van der Waals surface area contributed by atoms with Crippen molar-refractivity contribution < 1.29 is 18.7 Å². The Bertz CT molecular complexity index is 875. The molecule has 0 aliphatic heterocycles. The Balaban J connectivity index is 1.78. The lowest BCUT2D eigenvalue weighted by Gasteiger charge is -2.06. The lowest BCUT2D eigenvalue weighted by Crippen LogP contribution is -2.29. The van der Waals surface area contributed by atoms with Crippen molar-refractivity contribution in [3.05, 3.63) is 65.5 Å². The lowest BCUT2D eigenvalue weighted by molar-refractivity contribution is -0.120. The molecule has 0 radical (unpaired) electrons. The van der Waals surface area contributed by atoms with Gasteiger partial charge in [0.25, 0.3) is 5.91 Å². The van der Waals surface area contributed by atoms with Gasteiger partial charge in [-0.25, -0.2) is 9.82 Å². The molecule has 2 aromatic carbocycles. The van der Waals surface area contributed by atoms with E-state index < -0.39 is 17.6 Å². The molecule has 0 heterocycles. The number of hydrogen-bond donors (Lipinski definition) is 2. The molecule has 2 N–H and O–H groups in total. The summed E-state index contributed by atoms with van der Waals surface area (Å²) < 4.78 is 18.9. The molecule has 0 aromatic heterocycles. The first-order valence-electron chi connectivity index (χ1n) is 8.11. The molecule has 2 amide bonds. The molecular weight excluding hydrogens is 349 g/mol. The molecule has 6 nitrogen and oxygen atoms in total. The number of amides is 2. The molecule has 0 atom stereocenters. The van der Waals surface area contributed by atoms with Gasteiger partial charge in [0.05, 0.1) is 11.8 Å². The van der Waals surface area contributed by atoms with Gasteiger partial charge in [0.1, 0.15) is 18.2 Å². The molecule has 0 bridgehead atoms. The van der Waals surface area contributed by atoms with E-state index >= 15 is 0 Å². The minimum absolute atomic E-state index is 0.00717. The van der Waals surface area contributed by atoms with Crippen molar-refractivity contribution in [3.8, 4) is 18.1 Å². The first kappa shape index (κ1) is 19.7. The molecule has 0 spiro atoms. The van der Waals surface area contributed by atoms with Crippen LogP contribution in [-0.4, -0.2) is 31.2 Å². The molecule has 27 heavy (non-hydrogen) atoms. The normalized spacial score (nSPS) is 10.2. The average Bonchev–Trinajstić information content (AvgIpc) is 2.67. The van der Waals surface area contributed by atoms with Gasteiger partial charge < -0.3 is 10.1 Å². The van der Waals surface area contributed by atoms with Crippen molar-refractivity contribution in [3.63, 3.8) is 0 Å². The summed E-state index contributed by atoms with van der Waals surface area (Å²) in [4.78, 5) is 23.6. The Labute approximate surface area is 156 Å². The number of carbonyl (C=O) groups excluding carboxylic acids is 2. The summed E-state index contributed by atoms with van der Waals surface area (Å²) in [6.07, 6.45) is 6.59. The monoisotopic (exact) mass is 367 g/mol. The summed E-state index contributed by atoms with van der Waals surface area (Å²) in [6, 6.07) is 12.7. The van der Waals surface area contributed by atoms with Crippen LogP contribution < -0.4 is 15.5 Å². The third-order valence-corrected chi connectivity index (χ3v) is 3.38. The number of carbonyl (C=O) groups is 2. The van der Waals surface area contributed by atoms with Crippen LogP contribution in [0.5, 0.6) is 5.75 Å². The van der Waals surface area contributed by atoms with Crippen LogP contribution in [0.1, 0.15) is 22.3 Å². The fourth-order valence-corrected chi connectivity index (χ4v) is 2.10. The number of halogens is 1. The molecular formula is C20H18FN3O3. The highest BCUT2D eigenvalue weighted by molar-refractivity contribution is 5.94. The zero-order valence-electron chi connectivity index (χ0n) is 14.4. The third-order valence-electron chi connectivity index (χ3n) is 3.38. The molecule has 0 aliphatic rings. The summed E-state index contributed by atoms with van der Waals surface area (Å²) in [7, 11) is 0. The Morgan fingerprint density at radius 3 is 2.70 bits per heavy atom. The number of nitrogens with one attached hydrogen (secondary N) is 2. The first-order valence-corrected chi connectivity index (χ1v) is 8.11. The van der Waals surface area contributed by atoms with Crippen molar-refractivity contribution in [2.75, 3.05) is 13.2 Å². The number of rotatable bonds is 8. The van der Waals surface area contributed by atoms with Crippen LogP contribution in [0.2, 0.25) is 0 Å². The minimum atomic E-state index is -0.616. The van der Waals surface area contributed by atoms with Crippen LogP contribution in [0.15, 0.2) is 53.6 Å². The smallest absolute Gasteiger partial charge is 0.254 e. The Kier molecular flexibility index (Phi) is 7.54. The molecule has 0 fully saturated rings. The van der Waals surface area contributed by atoms with Gasteiger partial charge in [0, 0.05) is 18.5 Å². The third kappa shape index (κ3) is 6.29. The van der Waals surface area contributed by atoms with Gasteiger partial charge in [-0.1, -0.05) is 30.2 Å². The van der Waals surface area contributed by atoms with E-state index in [1.54, 1.807) is 30.3 Å². The van der Waals surface area contributed by atoms with Gasteiger partial charge in [-0.3, -0.25) is 9.59 Å². The van der Waals surface area contributed by atoms with Crippen LogP contribution in [0, 0.1) is 18.2 Å². The molecule has 0 saturated carbocycles. The van der Waals surface area contributed by atoms with E-state index in [-0.39, 0.29) is 25.1 Å². The summed E-state index contributed by atoms with van der Waals surface area (Å²) in [5.41, 5.74) is 2.93. The predicted octanol–water partition coefficient (Wildman–Crippen LogP) is 2.11. The molecule has 2 rings (SSSR count). The summed E-state index contributed by atoms with van der Waals surface area (Å²) >= 11 is 0. The molecule has 0 unspecified atom stereocenters. The fourth-order valence-electron chi connectivity index (χ4n) is 2.10. The first-order chi connectivity index (χ1) is 13.1. The highest BCUT2D eigenvalue weighted by Gasteiger charge is 2.10. The maximum atomic E-state index is 13.5. The molecule has 0 aliphatic carbocycles. The summed E-state index contributed by atoms with van der Waals surface area (Å²) in [5, 5.41) is 6.33. The fraction of sp³-hybridized carbons (Fsp3) is 0.150. The summed E-state index contributed by atoms with van der Waals surface area (Å²) in [6.45, 7) is 0.176. The van der Waals surface area contributed by atoms with Crippen molar-refractivity contribution in [1.29, 1.82) is 0 Å². The maximum Gasteiger partial charge on any atom is 0.254 e. The number of hydrazone groups is 1. The van der Waals surface area contributed by atoms with E-state index in [4.69, 9.17) is 11.2 Å². The van der Waals surface area contributed by atoms with Crippen molar-refractivity contribution >= 4 is 18.0 Å². The zero-order valence-corrected chi connectivity index (χ0v) is 14.4. The quantitative estimate of drug-likeness (QED) is 0.426. The second kappa shape index (κ2) is 10.4.